The van der Waals surface area contributed by atoms with Crippen LogP contribution >= 0.6 is 0 Å². The fraction of sp³-hybridized carbons (Fsp3) is 0.208. The molecule has 0 radical (unpaired) electrons. The number of aromatic nitrogens is 6. The van der Waals surface area contributed by atoms with Crippen molar-refractivity contribution in [2.45, 2.75) is 32.0 Å². The fourth-order valence-electron chi connectivity index (χ4n) is 3.54. The maximum atomic E-state index is 12.8. The molecule has 0 bridgehead atoms. The van der Waals surface area contributed by atoms with Crippen molar-refractivity contribution in [1.82, 2.24) is 29.8 Å². The molecule has 36 heavy (non-hydrogen) atoms. The number of Topliss-reactive ketones (excluding diaryl/α,β-unsaturated/α-hetero) is 1. The minimum atomic E-state index is -1.17. The smallest absolute Gasteiger partial charge is 0.420 e. The van der Waals surface area contributed by atoms with E-state index in [1.807, 2.05) is 48.5 Å². The van der Waals surface area contributed by atoms with E-state index in [1.54, 1.807) is 6.07 Å². The molecule has 1 atom stereocenters. The number of hydrogen-bond donors (Lipinski definition) is 2. The molecular weight excluding hydrogens is 466 g/mol. The number of ether oxygens (including phenoxy) is 1. The van der Waals surface area contributed by atoms with Crippen LogP contribution in [0.1, 0.15) is 23.4 Å². The number of tetrazole rings is 1. The highest BCUT2D eigenvalue weighted by Gasteiger charge is 2.21. The van der Waals surface area contributed by atoms with Crippen molar-refractivity contribution in [2.24, 2.45) is 5.73 Å². The zero-order chi connectivity index (χ0) is 25.5. The third-order valence-electron chi connectivity index (χ3n) is 5.37. The maximum absolute atomic E-state index is 12.8. The molecule has 0 spiro atoms. The van der Waals surface area contributed by atoms with Gasteiger partial charge < -0.3 is 15.6 Å². The minimum Gasteiger partial charge on any atom is -0.481 e. The zero-order valence-corrected chi connectivity index (χ0v) is 19.1. The van der Waals surface area contributed by atoms with E-state index in [0.29, 0.717) is 17.2 Å². The van der Waals surface area contributed by atoms with E-state index < -0.39 is 30.3 Å². The number of carboxylic acids is 1. The molecule has 2 aromatic carbocycles. The molecule has 0 saturated carbocycles. The van der Waals surface area contributed by atoms with Crippen LogP contribution in [0.15, 0.2) is 67.0 Å². The Kier molecular flexibility index (Phi) is 7.56. The zero-order valence-electron chi connectivity index (χ0n) is 19.1. The molecule has 1 unspecified atom stereocenters. The molecule has 12 nitrogen and oxygen atoms in total. The lowest BCUT2D eigenvalue weighted by molar-refractivity contribution is -0.139. The number of carbonyl (C=O) groups is 3. The molecule has 0 fully saturated rings. The Morgan fingerprint density at radius 2 is 1.81 bits per heavy atom. The number of nitrogens with zero attached hydrogens (tertiary/aromatic N) is 6. The van der Waals surface area contributed by atoms with Gasteiger partial charge in [-0.2, -0.15) is 0 Å². The standard InChI is InChI=1S/C24H23N7O5/c25-19(13-22(33)34)20(32)14-31-21(27-28-29-31)12-17-8-4-5-9-18(17)23-26-10-11-30(23)24(35)36-15-16-6-2-1-3-7-16/h1-11,19H,12-15,25H2,(H,33,34). The quantitative estimate of drug-likeness (QED) is 0.334. The number of ketones is 1. The van der Waals surface area contributed by atoms with Crippen molar-refractivity contribution in [2.75, 3.05) is 0 Å². The van der Waals surface area contributed by atoms with Crippen molar-refractivity contribution >= 4 is 17.8 Å². The molecule has 0 aliphatic rings. The Hall–Kier alpha value is -4.71. The van der Waals surface area contributed by atoms with E-state index in [4.69, 9.17) is 15.6 Å². The second kappa shape index (κ2) is 11.1. The van der Waals surface area contributed by atoms with Crippen LogP contribution in [0.3, 0.4) is 0 Å². The van der Waals surface area contributed by atoms with Crippen LogP contribution in [-0.4, -0.2) is 58.8 Å². The van der Waals surface area contributed by atoms with E-state index in [2.05, 4.69) is 20.5 Å². The van der Waals surface area contributed by atoms with E-state index >= 15 is 0 Å². The lowest BCUT2D eigenvalue weighted by Crippen LogP contribution is -2.36. The summed E-state index contributed by atoms with van der Waals surface area (Å²) in [4.78, 5) is 40.3. The minimum absolute atomic E-state index is 0.117. The normalized spacial score (nSPS) is 11.7. The Morgan fingerprint density at radius 3 is 2.58 bits per heavy atom. The molecule has 4 rings (SSSR count). The van der Waals surface area contributed by atoms with E-state index in [1.165, 1.54) is 21.6 Å². The third-order valence-corrected chi connectivity index (χ3v) is 5.37. The Bertz CT molecular complexity index is 1370. The van der Waals surface area contributed by atoms with Gasteiger partial charge in [0.2, 0.25) is 0 Å². The SMILES string of the molecule is NC(CC(=O)O)C(=O)Cn1nnnc1Cc1ccccc1-c1nccn1C(=O)OCc1ccccc1. The monoisotopic (exact) mass is 489 g/mol. The summed E-state index contributed by atoms with van der Waals surface area (Å²) in [6.07, 6.45) is 2.18. The molecule has 3 N–H and O–H groups in total. The molecule has 0 aliphatic carbocycles. The van der Waals surface area contributed by atoms with Gasteiger partial charge >= 0.3 is 12.1 Å². The average Bonchev–Trinajstić information content (AvgIpc) is 3.53. The van der Waals surface area contributed by atoms with Gasteiger partial charge in [0.25, 0.3) is 0 Å². The number of rotatable bonds is 10. The van der Waals surface area contributed by atoms with Gasteiger partial charge in [-0.15, -0.1) is 5.10 Å². The van der Waals surface area contributed by atoms with Crippen LogP contribution in [0, 0.1) is 0 Å². The number of aliphatic carboxylic acids is 1. The van der Waals surface area contributed by atoms with E-state index in [0.717, 1.165) is 11.1 Å². The summed E-state index contributed by atoms with van der Waals surface area (Å²) >= 11 is 0. The summed E-state index contributed by atoms with van der Waals surface area (Å²) in [5.74, 6) is -0.930. The predicted molar refractivity (Wildman–Crippen MR) is 126 cm³/mol. The number of nitrogens with two attached hydrogens (primary N) is 1. The summed E-state index contributed by atoms with van der Waals surface area (Å²) in [5.41, 5.74) is 7.93. The van der Waals surface area contributed by atoms with Crippen molar-refractivity contribution < 1.29 is 24.2 Å². The van der Waals surface area contributed by atoms with Crippen LogP contribution in [0.4, 0.5) is 4.79 Å². The first kappa shape index (κ1) is 24.4. The molecule has 4 aromatic rings. The van der Waals surface area contributed by atoms with E-state index in [-0.39, 0.29) is 19.6 Å². The topological polar surface area (TPSA) is 168 Å². The van der Waals surface area contributed by atoms with Crippen molar-refractivity contribution in [1.29, 1.82) is 0 Å². The van der Waals surface area contributed by atoms with Crippen molar-refractivity contribution in [3.8, 4) is 11.4 Å². The summed E-state index contributed by atoms with van der Waals surface area (Å²) < 4.78 is 8.05. The van der Waals surface area contributed by atoms with Crippen LogP contribution in [-0.2, 0) is 33.9 Å². The van der Waals surface area contributed by atoms with Gasteiger partial charge in [0.1, 0.15) is 19.0 Å². The molecule has 12 heteroatoms. The van der Waals surface area contributed by atoms with Crippen LogP contribution < -0.4 is 5.73 Å². The molecular formula is C24H23N7O5. The van der Waals surface area contributed by atoms with Crippen LogP contribution in [0.25, 0.3) is 11.4 Å². The van der Waals surface area contributed by atoms with Gasteiger partial charge in [-0.05, 0) is 21.6 Å². The summed E-state index contributed by atoms with van der Waals surface area (Å²) in [6, 6.07) is 15.4. The van der Waals surface area contributed by atoms with Crippen molar-refractivity contribution in [3.05, 3.63) is 83.9 Å². The predicted octanol–water partition coefficient (Wildman–Crippen LogP) is 1.68. The molecule has 2 aromatic heterocycles. The highest BCUT2D eigenvalue weighted by molar-refractivity contribution is 5.87. The number of imidazole rings is 1. The highest BCUT2D eigenvalue weighted by Crippen LogP contribution is 2.24. The molecule has 0 aliphatic heterocycles. The average molecular weight is 489 g/mol. The largest absolute Gasteiger partial charge is 0.481 e. The first-order valence-electron chi connectivity index (χ1n) is 11.0. The second-order valence-electron chi connectivity index (χ2n) is 7.92. The Labute approximate surface area is 205 Å². The number of carbonyl (C=O) groups excluding carboxylic acids is 2. The lowest BCUT2D eigenvalue weighted by atomic mass is 10.0. The number of benzene rings is 2. The van der Waals surface area contributed by atoms with Gasteiger partial charge in [-0.3, -0.25) is 9.59 Å². The maximum Gasteiger partial charge on any atom is 0.420 e. The Morgan fingerprint density at radius 1 is 1.06 bits per heavy atom. The Balaban J connectivity index is 1.52. The second-order valence-corrected chi connectivity index (χ2v) is 7.92. The number of carboxylic acid groups (broad SMARTS) is 1. The lowest BCUT2D eigenvalue weighted by Gasteiger charge is -2.12. The molecule has 184 valence electrons. The van der Waals surface area contributed by atoms with Crippen LogP contribution in [0.2, 0.25) is 0 Å². The highest BCUT2D eigenvalue weighted by atomic mass is 16.5. The van der Waals surface area contributed by atoms with Crippen LogP contribution in [0.5, 0.6) is 0 Å². The number of hydrogen-bond acceptors (Lipinski definition) is 9. The van der Waals surface area contributed by atoms with Gasteiger partial charge in [-0.25, -0.2) is 19.0 Å². The summed E-state index contributed by atoms with van der Waals surface area (Å²) in [7, 11) is 0. The van der Waals surface area contributed by atoms with E-state index in [9.17, 15) is 14.4 Å². The van der Waals surface area contributed by atoms with Gasteiger partial charge in [-0.1, -0.05) is 54.6 Å². The van der Waals surface area contributed by atoms with Gasteiger partial charge in [0.05, 0.1) is 12.5 Å². The first-order chi connectivity index (χ1) is 17.4. The third kappa shape index (κ3) is 5.85. The first-order valence-corrected chi connectivity index (χ1v) is 11.0. The molecule has 0 saturated heterocycles. The van der Waals surface area contributed by atoms with Gasteiger partial charge in [0.15, 0.2) is 11.6 Å². The van der Waals surface area contributed by atoms with Gasteiger partial charge in [0, 0.05) is 24.4 Å². The molecule has 2 heterocycles. The summed E-state index contributed by atoms with van der Waals surface area (Å²) in [6.45, 7) is -0.148. The fourth-order valence-corrected chi connectivity index (χ4v) is 3.54. The molecule has 0 amide bonds. The summed E-state index contributed by atoms with van der Waals surface area (Å²) in [5, 5.41) is 20.3. The van der Waals surface area contributed by atoms with Crippen molar-refractivity contribution in [3.63, 3.8) is 0 Å².